The zero-order valence-corrected chi connectivity index (χ0v) is 13.8. The molecule has 0 saturated carbocycles. The van der Waals surface area contributed by atoms with E-state index in [0.717, 1.165) is 11.8 Å². The Labute approximate surface area is 142 Å². The lowest BCUT2D eigenvalue weighted by atomic mass is 10.0. The summed E-state index contributed by atoms with van der Waals surface area (Å²) in [5.41, 5.74) is 1.48. The molecule has 0 aromatic heterocycles. The molecule has 5 nitrogen and oxygen atoms in total. The highest BCUT2D eigenvalue weighted by molar-refractivity contribution is 7.89. The quantitative estimate of drug-likeness (QED) is 0.875. The van der Waals surface area contributed by atoms with Gasteiger partial charge in [0.05, 0.1) is 6.26 Å². The van der Waals surface area contributed by atoms with Gasteiger partial charge in [0, 0.05) is 5.56 Å². The molecule has 0 fully saturated rings. The molecule has 0 atom stereocenters. The summed E-state index contributed by atoms with van der Waals surface area (Å²) < 4.78 is 64.5. The SMILES string of the molecule is CS(=O)(=O)NC(=O)c1ccc(Cc2cccc(OC(F)(F)F)c2)cc1. The summed E-state index contributed by atoms with van der Waals surface area (Å²) in [6.07, 6.45) is -3.56. The van der Waals surface area contributed by atoms with Crippen LogP contribution in [0.15, 0.2) is 48.5 Å². The maximum absolute atomic E-state index is 12.2. The van der Waals surface area contributed by atoms with Crippen LogP contribution in [0.2, 0.25) is 0 Å². The number of amides is 1. The van der Waals surface area contributed by atoms with Crippen LogP contribution < -0.4 is 9.46 Å². The minimum absolute atomic E-state index is 0.156. The predicted octanol–water partition coefficient (Wildman–Crippen LogP) is 2.87. The molecule has 1 amide bonds. The summed E-state index contributed by atoms with van der Waals surface area (Å²) in [5, 5.41) is 0. The Morgan fingerprint density at radius 2 is 1.72 bits per heavy atom. The Kier molecular flexibility index (Phi) is 5.36. The first kappa shape index (κ1) is 18.8. The van der Waals surface area contributed by atoms with Crippen molar-refractivity contribution in [3.05, 3.63) is 65.2 Å². The molecule has 25 heavy (non-hydrogen) atoms. The van der Waals surface area contributed by atoms with Gasteiger partial charge in [-0.05, 0) is 41.8 Å². The van der Waals surface area contributed by atoms with Crippen LogP contribution in [0.3, 0.4) is 0 Å². The van der Waals surface area contributed by atoms with Gasteiger partial charge in [0.2, 0.25) is 10.0 Å². The number of hydrogen-bond acceptors (Lipinski definition) is 4. The van der Waals surface area contributed by atoms with Crippen LogP contribution in [0.1, 0.15) is 21.5 Å². The Hall–Kier alpha value is -2.55. The van der Waals surface area contributed by atoms with Gasteiger partial charge in [0.25, 0.3) is 5.91 Å². The van der Waals surface area contributed by atoms with Gasteiger partial charge in [-0.2, -0.15) is 0 Å². The molecule has 0 aliphatic heterocycles. The van der Waals surface area contributed by atoms with Crippen LogP contribution in [0.5, 0.6) is 5.75 Å². The van der Waals surface area contributed by atoms with Crippen molar-refractivity contribution >= 4 is 15.9 Å². The minimum atomic E-state index is -4.76. The summed E-state index contributed by atoms with van der Waals surface area (Å²) in [6.45, 7) is 0. The third kappa shape index (κ3) is 6.46. The molecular weight excluding hydrogens is 359 g/mol. The first-order chi connectivity index (χ1) is 11.5. The first-order valence-corrected chi connectivity index (χ1v) is 8.87. The number of carbonyl (C=O) groups is 1. The normalized spacial score (nSPS) is 11.8. The van der Waals surface area contributed by atoms with Gasteiger partial charge in [0.1, 0.15) is 5.75 Å². The smallest absolute Gasteiger partial charge is 0.406 e. The number of alkyl halides is 3. The van der Waals surface area contributed by atoms with E-state index in [1.54, 1.807) is 18.2 Å². The molecule has 0 aliphatic rings. The van der Waals surface area contributed by atoms with Crippen molar-refractivity contribution in [3.8, 4) is 5.75 Å². The molecule has 0 bridgehead atoms. The molecule has 2 rings (SSSR count). The average molecular weight is 373 g/mol. The second-order valence-corrected chi connectivity index (χ2v) is 7.02. The molecule has 1 N–H and O–H groups in total. The Bertz CT molecular complexity index is 862. The third-order valence-electron chi connectivity index (χ3n) is 3.03. The maximum atomic E-state index is 12.2. The van der Waals surface area contributed by atoms with E-state index in [-0.39, 0.29) is 11.3 Å². The lowest BCUT2D eigenvalue weighted by Gasteiger charge is -2.10. The third-order valence-corrected chi connectivity index (χ3v) is 3.59. The lowest BCUT2D eigenvalue weighted by molar-refractivity contribution is -0.274. The van der Waals surface area contributed by atoms with Crippen molar-refractivity contribution in [1.29, 1.82) is 0 Å². The van der Waals surface area contributed by atoms with Gasteiger partial charge < -0.3 is 4.74 Å². The van der Waals surface area contributed by atoms with E-state index in [9.17, 15) is 26.4 Å². The number of carbonyl (C=O) groups excluding carboxylic acids is 1. The highest BCUT2D eigenvalue weighted by Gasteiger charge is 2.31. The fourth-order valence-corrected chi connectivity index (χ4v) is 2.54. The van der Waals surface area contributed by atoms with E-state index in [4.69, 9.17) is 0 Å². The molecule has 2 aromatic carbocycles. The zero-order valence-electron chi connectivity index (χ0n) is 13.0. The number of halogens is 3. The number of hydrogen-bond donors (Lipinski definition) is 1. The van der Waals surface area contributed by atoms with Crippen molar-refractivity contribution in [2.24, 2.45) is 0 Å². The van der Waals surface area contributed by atoms with Gasteiger partial charge in [-0.15, -0.1) is 13.2 Å². The topological polar surface area (TPSA) is 72.5 Å². The monoisotopic (exact) mass is 373 g/mol. The van der Waals surface area contributed by atoms with E-state index < -0.39 is 22.3 Å². The van der Waals surface area contributed by atoms with E-state index >= 15 is 0 Å². The Balaban J connectivity index is 2.09. The second-order valence-electron chi connectivity index (χ2n) is 5.27. The van der Waals surface area contributed by atoms with Crippen LogP contribution >= 0.6 is 0 Å². The zero-order chi connectivity index (χ0) is 18.7. The summed E-state index contributed by atoms with van der Waals surface area (Å²) in [7, 11) is -3.66. The lowest BCUT2D eigenvalue weighted by Crippen LogP contribution is -2.29. The molecule has 0 unspecified atom stereocenters. The van der Waals surface area contributed by atoms with Crippen LogP contribution in [-0.4, -0.2) is 26.9 Å². The predicted molar refractivity (Wildman–Crippen MR) is 84.7 cm³/mol. The van der Waals surface area contributed by atoms with E-state index in [1.165, 1.54) is 30.3 Å². The highest BCUT2D eigenvalue weighted by atomic mass is 32.2. The number of rotatable bonds is 5. The van der Waals surface area contributed by atoms with Crippen molar-refractivity contribution in [3.63, 3.8) is 0 Å². The summed E-state index contributed by atoms with van der Waals surface area (Å²) in [5.74, 6) is -1.07. The van der Waals surface area contributed by atoms with Gasteiger partial charge in [0.15, 0.2) is 0 Å². The van der Waals surface area contributed by atoms with Gasteiger partial charge in [-0.25, -0.2) is 13.1 Å². The van der Waals surface area contributed by atoms with Crippen LogP contribution in [0, 0.1) is 0 Å². The largest absolute Gasteiger partial charge is 0.573 e. The number of nitrogens with one attached hydrogen (secondary N) is 1. The van der Waals surface area contributed by atoms with E-state index in [1.807, 2.05) is 4.72 Å². The highest BCUT2D eigenvalue weighted by Crippen LogP contribution is 2.24. The van der Waals surface area contributed by atoms with Crippen LogP contribution in [0.4, 0.5) is 13.2 Å². The maximum Gasteiger partial charge on any atom is 0.573 e. The molecule has 0 heterocycles. The standard InChI is InChI=1S/C16H14F3NO4S/c1-25(22,23)20-15(21)13-7-5-11(6-8-13)9-12-3-2-4-14(10-12)24-16(17,18)19/h2-8,10H,9H2,1H3,(H,20,21). The average Bonchev–Trinajstić information content (AvgIpc) is 2.44. The Morgan fingerprint density at radius 3 is 2.28 bits per heavy atom. The molecule has 9 heteroatoms. The molecule has 0 aliphatic carbocycles. The molecule has 2 aromatic rings. The van der Waals surface area contributed by atoms with Crippen molar-refractivity contribution in [1.82, 2.24) is 4.72 Å². The van der Waals surface area contributed by atoms with E-state index in [2.05, 4.69) is 4.74 Å². The van der Waals surface area contributed by atoms with E-state index in [0.29, 0.717) is 12.0 Å². The van der Waals surface area contributed by atoms with Gasteiger partial charge >= 0.3 is 6.36 Å². The first-order valence-electron chi connectivity index (χ1n) is 6.97. The van der Waals surface area contributed by atoms with Crippen LogP contribution in [0.25, 0.3) is 0 Å². The molecule has 0 saturated heterocycles. The Morgan fingerprint density at radius 1 is 1.08 bits per heavy atom. The molecule has 134 valence electrons. The molecule has 0 spiro atoms. The second kappa shape index (κ2) is 7.14. The van der Waals surface area contributed by atoms with Crippen molar-refractivity contribution < 1.29 is 31.1 Å². The number of ether oxygens (including phenoxy) is 1. The minimum Gasteiger partial charge on any atom is -0.406 e. The fraction of sp³-hybridized carbons (Fsp3) is 0.188. The van der Waals surface area contributed by atoms with Gasteiger partial charge in [-0.1, -0.05) is 24.3 Å². The summed E-state index contributed by atoms with van der Waals surface area (Å²) in [4.78, 5) is 11.7. The van der Waals surface area contributed by atoms with Gasteiger partial charge in [-0.3, -0.25) is 4.79 Å². The molecular formula is C16H14F3NO4S. The fourth-order valence-electron chi connectivity index (χ4n) is 2.09. The van der Waals surface area contributed by atoms with Crippen molar-refractivity contribution in [2.45, 2.75) is 12.8 Å². The summed E-state index contributed by atoms with van der Waals surface area (Å²) >= 11 is 0. The number of sulfonamides is 1. The van der Waals surface area contributed by atoms with Crippen molar-refractivity contribution in [2.75, 3.05) is 6.26 Å². The summed E-state index contributed by atoms with van der Waals surface area (Å²) in [6, 6.07) is 11.6. The van der Waals surface area contributed by atoms with Crippen LogP contribution in [-0.2, 0) is 16.4 Å². The molecule has 0 radical (unpaired) electrons. The number of benzene rings is 2.